The Kier molecular flexibility index (Phi) is 7.16. The summed E-state index contributed by atoms with van der Waals surface area (Å²) in [6.45, 7) is 5.90. The molecule has 142 valence electrons. The van der Waals surface area contributed by atoms with E-state index in [1.54, 1.807) is 11.8 Å². The Morgan fingerprint density at radius 1 is 1.27 bits per heavy atom. The Hall–Kier alpha value is -1.49. The lowest BCUT2D eigenvalue weighted by molar-refractivity contribution is -0.116. The second-order valence-electron chi connectivity index (χ2n) is 6.10. The predicted octanol–water partition coefficient (Wildman–Crippen LogP) is 2.75. The summed E-state index contributed by atoms with van der Waals surface area (Å²) < 4.78 is 26.0. The lowest BCUT2D eigenvalue weighted by atomic mass is 10.1. The Morgan fingerprint density at radius 3 is 2.50 bits per heavy atom. The maximum atomic E-state index is 12.3. The van der Waals surface area contributed by atoms with Crippen LogP contribution in [0.1, 0.15) is 25.0 Å². The summed E-state index contributed by atoms with van der Waals surface area (Å²) in [5, 5.41) is 11.3. The fourth-order valence-corrected chi connectivity index (χ4v) is 4.74. The van der Waals surface area contributed by atoms with Gasteiger partial charge in [0.05, 0.1) is 12.8 Å². The number of rotatable bonds is 8. The third kappa shape index (κ3) is 6.67. The van der Waals surface area contributed by atoms with Crippen LogP contribution in [0.4, 0.5) is 5.13 Å². The molecule has 1 N–H and O–H groups in total. The number of carbonyl (C=O) groups is 1. The molecule has 0 aliphatic heterocycles. The molecule has 0 aliphatic rings. The SMILES string of the molecule is Cc1ccc(CN(CC(=O)Nc2nnc(SC(C)C)s2)S(C)(=O)=O)cc1. The van der Waals surface area contributed by atoms with Crippen LogP contribution < -0.4 is 5.32 Å². The molecule has 1 aromatic heterocycles. The van der Waals surface area contributed by atoms with Gasteiger partial charge in [-0.3, -0.25) is 10.1 Å². The quantitative estimate of drug-likeness (QED) is 0.527. The first-order chi connectivity index (χ1) is 12.1. The van der Waals surface area contributed by atoms with Crippen LogP contribution in [-0.2, 0) is 21.4 Å². The summed E-state index contributed by atoms with van der Waals surface area (Å²) in [7, 11) is -3.54. The molecule has 1 amide bonds. The van der Waals surface area contributed by atoms with Gasteiger partial charge >= 0.3 is 0 Å². The zero-order chi connectivity index (χ0) is 19.3. The van der Waals surface area contributed by atoms with Gasteiger partial charge in [0.1, 0.15) is 0 Å². The number of anilines is 1. The van der Waals surface area contributed by atoms with Crippen molar-refractivity contribution in [3.05, 3.63) is 35.4 Å². The third-order valence-corrected chi connectivity index (χ3v) is 6.38. The zero-order valence-corrected chi connectivity index (χ0v) is 17.5. The van der Waals surface area contributed by atoms with Crippen molar-refractivity contribution >= 4 is 44.2 Å². The summed E-state index contributed by atoms with van der Waals surface area (Å²) in [4.78, 5) is 12.3. The van der Waals surface area contributed by atoms with Crippen LogP contribution in [0, 0.1) is 6.92 Å². The van der Waals surface area contributed by atoms with E-state index in [1.165, 1.54) is 11.3 Å². The molecule has 0 saturated carbocycles. The van der Waals surface area contributed by atoms with Crippen LogP contribution in [-0.4, -0.2) is 46.9 Å². The fraction of sp³-hybridized carbons (Fsp3) is 0.438. The van der Waals surface area contributed by atoms with Crippen LogP contribution in [0.5, 0.6) is 0 Å². The van der Waals surface area contributed by atoms with E-state index in [1.807, 2.05) is 45.0 Å². The molecular weight excluding hydrogens is 392 g/mol. The minimum absolute atomic E-state index is 0.136. The van der Waals surface area contributed by atoms with Crippen LogP contribution in [0.25, 0.3) is 0 Å². The number of carbonyl (C=O) groups excluding carboxylic acids is 1. The molecule has 10 heteroatoms. The van der Waals surface area contributed by atoms with Gasteiger partial charge in [-0.25, -0.2) is 8.42 Å². The molecule has 26 heavy (non-hydrogen) atoms. The average Bonchev–Trinajstić information content (AvgIpc) is 2.94. The van der Waals surface area contributed by atoms with Crippen LogP contribution in [0.2, 0.25) is 0 Å². The highest BCUT2D eigenvalue weighted by Crippen LogP contribution is 2.28. The number of sulfonamides is 1. The first kappa shape index (κ1) is 20.8. The summed E-state index contributed by atoms with van der Waals surface area (Å²) in [6.07, 6.45) is 1.09. The number of nitrogens with zero attached hydrogens (tertiary/aromatic N) is 3. The summed E-state index contributed by atoms with van der Waals surface area (Å²) in [5.41, 5.74) is 1.91. The number of hydrogen-bond acceptors (Lipinski definition) is 7. The molecule has 7 nitrogen and oxygen atoms in total. The van der Waals surface area contributed by atoms with E-state index >= 15 is 0 Å². The van der Waals surface area contributed by atoms with Crippen molar-refractivity contribution < 1.29 is 13.2 Å². The number of aromatic nitrogens is 2. The molecule has 0 spiro atoms. The number of nitrogens with one attached hydrogen (secondary N) is 1. The molecule has 0 atom stereocenters. The average molecular weight is 415 g/mol. The molecule has 2 rings (SSSR count). The van der Waals surface area contributed by atoms with E-state index in [4.69, 9.17) is 0 Å². The Morgan fingerprint density at radius 2 is 1.92 bits per heavy atom. The molecule has 0 bridgehead atoms. The maximum absolute atomic E-state index is 12.3. The van der Waals surface area contributed by atoms with E-state index in [2.05, 4.69) is 15.5 Å². The highest BCUT2D eigenvalue weighted by atomic mass is 32.2. The van der Waals surface area contributed by atoms with Gasteiger partial charge in [0.15, 0.2) is 4.34 Å². The smallest absolute Gasteiger partial charge is 0.241 e. The van der Waals surface area contributed by atoms with Crippen molar-refractivity contribution in [2.75, 3.05) is 18.1 Å². The monoisotopic (exact) mass is 414 g/mol. The van der Waals surface area contributed by atoms with Gasteiger partial charge in [-0.15, -0.1) is 10.2 Å². The molecule has 0 radical (unpaired) electrons. The van der Waals surface area contributed by atoms with Crippen LogP contribution in [0.3, 0.4) is 0 Å². The van der Waals surface area contributed by atoms with E-state index in [9.17, 15) is 13.2 Å². The molecule has 0 saturated heterocycles. The third-order valence-electron chi connectivity index (χ3n) is 3.26. The number of aryl methyl sites for hydroxylation is 1. The molecule has 0 fully saturated rings. The van der Waals surface area contributed by atoms with E-state index in [0.717, 1.165) is 26.0 Å². The van der Waals surface area contributed by atoms with Gasteiger partial charge < -0.3 is 0 Å². The van der Waals surface area contributed by atoms with Crippen LogP contribution >= 0.6 is 23.1 Å². The van der Waals surface area contributed by atoms with Gasteiger partial charge in [0.2, 0.25) is 21.1 Å². The lowest BCUT2D eigenvalue weighted by Gasteiger charge is -2.19. The van der Waals surface area contributed by atoms with Crippen molar-refractivity contribution in [2.45, 2.75) is 36.9 Å². The largest absolute Gasteiger partial charge is 0.299 e. The highest BCUT2D eigenvalue weighted by molar-refractivity contribution is 8.01. The maximum Gasteiger partial charge on any atom is 0.241 e. The Bertz CT molecular complexity index is 848. The Labute approximate surface area is 162 Å². The summed E-state index contributed by atoms with van der Waals surface area (Å²) in [5.74, 6) is -0.445. The summed E-state index contributed by atoms with van der Waals surface area (Å²) >= 11 is 2.83. The minimum atomic E-state index is -3.54. The van der Waals surface area contributed by atoms with Crippen molar-refractivity contribution in [1.29, 1.82) is 0 Å². The van der Waals surface area contributed by atoms with Crippen molar-refractivity contribution in [3.8, 4) is 0 Å². The number of benzene rings is 1. The molecule has 0 aliphatic carbocycles. The minimum Gasteiger partial charge on any atom is -0.299 e. The topological polar surface area (TPSA) is 92.3 Å². The van der Waals surface area contributed by atoms with Gasteiger partial charge in [-0.1, -0.05) is 66.8 Å². The zero-order valence-electron chi connectivity index (χ0n) is 15.1. The van der Waals surface area contributed by atoms with Gasteiger partial charge in [-0.05, 0) is 12.5 Å². The van der Waals surface area contributed by atoms with Crippen molar-refractivity contribution in [2.24, 2.45) is 0 Å². The van der Waals surface area contributed by atoms with Gasteiger partial charge in [0, 0.05) is 11.8 Å². The molecular formula is C16H22N4O3S3. The fourth-order valence-electron chi connectivity index (χ4n) is 2.02. The number of thioether (sulfide) groups is 1. The lowest BCUT2D eigenvalue weighted by Crippen LogP contribution is -2.36. The summed E-state index contributed by atoms with van der Waals surface area (Å²) in [6, 6.07) is 7.52. The second kappa shape index (κ2) is 8.94. The first-order valence-corrected chi connectivity index (χ1v) is 11.5. The number of amides is 1. The van der Waals surface area contributed by atoms with E-state index in [-0.39, 0.29) is 13.1 Å². The van der Waals surface area contributed by atoms with Gasteiger partial charge in [0.25, 0.3) is 0 Å². The van der Waals surface area contributed by atoms with Crippen LogP contribution in [0.15, 0.2) is 28.6 Å². The standard InChI is InChI=1S/C16H22N4O3S3/c1-11(2)24-16-19-18-15(25-16)17-14(21)10-20(26(4,22)23)9-13-7-5-12(3)6-8-13/h5-8,11H,9-10H2,1-4H3,(H,17,18,21). The number of hydrogen-bond donors (Lipinski definition) is 1. The second-order valence-corrected chi connectivity index (χ2v) is 10.9. The Balaban J connectivity index is 2.02. The van der Waals surface area contributed by atoms with E-state index in [0.29, 0.717) is 10.4 Å². The predicted molar refractivity (Wildman–Crippen MR) is 106 cm³/mol. The molecule has 0 unspecified atom stereocenters. The normalized spacial score (nSPS) is 11.9. The molecule has 1 heterocycles. The van der Waals surface area contributed by atoms with Gasteiger partial charge in [-0.2, -0.15) is 4.31 Å². The molecule has 2 aromatic rings. The van der Waals surface area contributed by atoms with Crippen molar-refractivity contribution in [1.82, 2.24) is 14.5 Å². The first-order valence-electron chi connectivity index (χ1n) is 7.94. The highest BCUT2D eigenvalue weighted by Gasteiger charge is 2.21. The molecule has 1 aromatic carbocycles. The van der Waals surface area contributed by atoms with Crippen molar-refractivity contribution in [3.63, 3.8) is 0 Å². The van der Waals surface area contributed by atoms with E-state index < -0.39 is 15.9 Å².